The van der Waals surface area contributed by atoms with Gasteiger partial charge < -0.3 is 15.4 Å². The monoisotopic (exact) mass is 336 g/mol. The Kier molecular flexibility index (Phi) is 5.31. The lowest BCUT2D eigenvalue weighted by molar-refractivity contribution is 0.185. The lowest BCUT2D eigenvalue weighted by Gasteiger charge is -2.13. The van der Waals surface area contributed by atoms with Crippen LogP contribution in [0.2, 0.25) is 0 Å². The van der Waals surface area contributed by atoms with Crippen molar-refractivity contribution in [3.05, 3.63) is 40.5 Å². The Morgan fingerprint density at radius 2 is 2.10 bits per heavy atom. The van der Waals surface area contributed by atoms with Crippen LogP contribution in [0.15, 0.2) is 34.9 Å². The number of ether oxygens (including phenoxy) is 1. The molecule has 0 unspecified atom stereocenters. The Morgan fingerprint density at radius 3 is 2.85 bits per heavy atom. The summed E-state index contributed by atoms with van der Waals surface area (Å²) in [5.41, 5.74) is 2.04. The fraction of sp³-hybridized carbons (Fsp3) is 0.286. The molecule has 0 saturated carbocycles. The first kappa shape index (κ1) is 14.7. The maximum atomic E-state index is 5.20. The Hall–Kier alpha value is -1.66. The van der Waals surface area contributed by atoms with Gasteiger partial charge in [0.05, 0.1) is 11.1 Å². The summed E-state index contributed by atoms with van der Waals surface area (Å²) in [6, 6.07) is 7.97. The SMILES string of the molecule is CCNc1ncc(Br)c(Nc2ccccc2COC)n1. The number of hydrogen-bond donors (Lipinski definition) is 2. The van der Waals surface area contributed by atoms with Gasteiger partial charge in [-0.1, -0.05) is 18.2 Å². The Bertz CT molecular complexity index is 577. The van der Waals surface area contributed by atoms with E-state index in [1.165, 1.54) is 0 Å². The van der Waals surface area contributed by atoms with Gasteiger partial charge in [-0.25, -0.2) is 4.98 Å². The normalized spacial score (nSPS) is 10.3. The van der Waals surface area contributed by atoms with Crippen molar-refractivity contribution >= 4 is 33.4 Å². The zero-order chi connectivity index (χ0) is 14.4. The molecule has 6 heteroatoms. The maximum Gasteiger partial charge on any atom is 0.224 e. The van der Waals surface area contributed by atoms with Crippen LogP contribution in [0.4, 0.5) is 17.5 Å². The first-order valence-corrected chi connectivity index (χ1v) is 7.14. The molecule has 2 N–H and O–H groups in total. The van der Waals surface area contributed by atoms with E-state index in [2.05, 4.69) is 36.5 Å². The summed E-state index contributed by atoms with van der Waals surface area (Å²) >= 11 is 3.46. The van der Waals surface area contributed by atoms with Gasteiger partial charge in [0, 0.05) is 31.1 Å². The van der Waals surface area contributed by atoms with Crippen LogP contribution in [0.1, 0.15) is 12.5 Å². The highest BCUT2D eigenvalue weighted by Crippen LogP contribution is 2.26. The highest BCUT2D eigenvalue weighted by Gasteiger charge is 2.07. The van der Waals surface area contributed by atoms with Crippen molar-refractivity contribution in [2.24, 2.45) is 0 Å². The van der Waals surface area contributed by atoms with Crippen molar-refractivity contribution in [1.29, 1.82) is 0 Å². The summed E-state index contributed by atoms with van der Waals surface area (Å²) in [7, 11) is 1.68. The standard InChI is InChI=1S/C14H17BrN4O/c1-3-16-14-17-8-11(15)13(19-14)18-12-7-5-4-6-10(12)9-20-2/h4-8H,3,9H2,1-2H3,(H2,16,17,18,19). The fourth-order valence-electron chi connectivity index (χ4n) is 1.75. The van der Waals surface area contributed by atoms with Crippen molar-refractivity contribution in [2.75, 3.05) is 24.3 Å². The molecule has 2 rings (SSSR count). The molecule has 2 aromatic rings. The van der Waals surface area contributed by atoms with Gasteiger partial charge in [0.1, 0.15) is 5.82 Å². The largest absolute Gasteiger partial charge is 0.380 e. The summed E-state index contributed by atoms with van der Waals surface area (Å²) < 4.78 is 6.01. The highest BCUT2D eigenvalue weighted by atomic mass is 79.9. The number of hydrogen-bond acceptors (Lipinski definition) is 5. The number of rotatable bonds is 6. The minimum Gasteiger partial charge on any atom is -0.380 e. The van der Waals surface area contributed by atoms with E-state index in [0.717, 1.165) is 28.1 Å². The maximum absolute atomic E-state index is 5.20. The molecule has 5 nitrogen and oxygen atoms in total. The van der Waals surface area contributed by atoms with Crippen LogP contribution in [0.5, 0.6) is 0 Å². The predicted molar refractivity (Wildman–Crippen MR) is 84.3 cm³/mol. The average Bonchev–Trinajstić information content (AvgIpc) is 2.45. The van der Waals surface area contributed by atoms with Crippen molar-refractivity contribution in [2.45, 2.75) is 13.5 Å². The van der Waals surface area contributed by atoms with E-state index in [-0.39, 0.29) is 0 Å². The van der Waals surface area contributed by atoms with Crippen molar-refractivity contribution in [1.82, 2.24) is 9.97 Å². The summed E-state index contributed by atoms with van der Waals surface area (Å²) in [4.78, 5) is 8.63. The second kappa shape index (κ2) is 7.21. The third-order valence-corrected chi connectivity index (χ3v) is 3.23. The van der Waals surface area contributed by atoms with E-state index in [4.69, 9.17) is 4.74 Å². The molecular weight excluding hydrogens is 320 g/mol. The smallest absolute Gasteiger partial charge is 0.224 e. The molecule has 1 aromatic carbocycles. The predicted octanol–water partition coefficient (Wildman–Crippen LogP) is 3.56. The van der Waals surface area contributed by atoms with E-state index in [9.17, 15) is 0 Å². The Morgan fingerprint density at radius 1 is 1.30 bits per heavy atom. The van der Waals surface area contributed by atoms with Crippen molar-refractivity contribution in [3.63, 3.8) is 0 Å². The zero-order valence-electron chi connectivity index (χ0n) is 11.5. The van der Waals surface area contributed by atoms with Crippen LogP contribution in [0.3, 0.4) is 0 Å². The number of nitrogens with zero attached hydrogens (tertiary/aromatic N) is 2. The molecule has 0 saturated heterocycles. The van der Waals surface area contributed by atoms with Crippen LogP contribution in [0.25, 0.3) is 0 Å². The number of methoxy groups -OCH3 is 1. The quantitative estimate of drug-likeness (QED) is 0.844. The molecule has 0 radical (unpaired) electrons. The minimum absolute atomic E-state index is 0.548. The molecule has 0 fully saturated rings. The number of nitrogens with one attached hydrogen (secondary N) is 2. The van der Waals surface area contributed by atoms with Gasteiger partial charge in [0.25, 0.3) is 0 Å². The van der Waals surface area contributed by atoms with Crippen molar-refractivity contribution in [3.8, 4) is 0 Å². The van der Waals surface area contributed by atoms with Gasteiger partial charge in [-0.3, -0.25) is 0 Å². The van der Waals surface area contributed by atoms with Gasteiger partial charge in [0.2, 0.25) is 5.95 Å². The van der Waals surface area contributed by atoms with Crippen LogP contribution in [0, 0.1) is 0 Å². The summed E-state index contributed by atoms with van der Waals surface area (Å²) in [6.07, 6.45) is 1.73. The first-order valence-electron chi connectivity index (χ1n) is 6.35. The lowest BCUT2D eigenvalue weighted by atomic mass is 10.2. The topological polar surface area (TPSA) is 59.1 Å². The number of benzene rings is 1. The average molecular weight is 337 g/mol. The molecule has 0 aliphatic carbocycles. The Balaban J connectivity index is 2.27. The number of aromatic nitrogens is 2. The molecular formula is C14H17BrN4O. The van der Waals surface area contributed by atoms with E-state index >= 15 is 0 Å². The molecule has 0 aliphatic rings. The third-order valence-electron chi connectivity index (χ3n) is 2.65. The van der Waals surface area contributed by atoms with Gasteiger partial charge in [-0.2, -0.15) is 4.98 Å². The van der Waals surface area contributed by atoms with E-state index in [1.54, 1.807) is 13.3 Å². The lowest BCUT2D eigenvalue weighted by Crippen LogP contribution is -2.05. The molecule has 0 bridgehead atoms. The third kappa shape index (κ3) is 3.68. The zero-order valence-corrected chi connectivity index (χ0v) is 13.1. The van der Waals surface area contributed by atoms with Crippen LogP contribution in [-0.4, -0.2) is 23.6 Å². The number of halogens is 1. The molecule has 1 aromatic heterocycles. The van der Waals surface area contributed by atoms with E-state index in [0.29, 0.717) is 12.6 Å². The summed E-state index contributed by atoms with van der Waals surface area (Å²) in [6.45, 7) is 3.33. The van der Waals surface area contributed by atoms with Crippen molar-refractivity contribution < 1.29 is 4.74 Å². The Labute approximate surface area is 126 Å². The molecule has 0 spiro atoms. The minimum atomic E-state index is 0.548. The van der Waals surface area contributed by atoms with E-state index in [1.807, 2.05) is 31.2 Å². The van der Waals surface area contributed by atoms with Crippen LogP contribution >= 0.6 is 15.9 Å². The molecule has 0 atom stereocenters. The number of para-hydroxylation sites is 1. The highest BCUT2D eigenvalue weighted by molar-refractivity contribution is 9.10. The number of anilines is 3. The molecule has 1 heterocycles. The molecule has 0 aliphatic heterocycles. The molecule has 20 heavy (non-hydrogen) atoms. The van der Waals surface area contributed by atoms with Crippen LogP contribution in [-0.2, 0) is 11.3 Å². The molecule has 0 amide bonds. The second-order valence-corrected chi connectivity index (χ2v) is 4.99. The summed E-state index contributed by atoms with van der Waals surface area (Å²) in [5.74, 6) is 1.32. The van der Waals surface area contributed by atoms with Gasteiger partial charge in [0.15, 0.2) is 0 Å². The van der Waals surface area contributed by atoms with Gasteiger partial charge in [-0.05, 0) is 28.9 Å². The second-order valence-electron chi connectivity index (χ2n) is 4.14. The molecule has 106 valence electrons. The first-order chi connectivity index (χ1) is 9.74. The van der Waals surface area contributed by atoms with Gasteiger partial charge in [-0.15, -0.1) is 0 Å². The van der Waals surface area contributed by atoms with Gasteiger partial charge >= 0.3 is 0 Å². The fourth-order valence-corrected chi connectivity index (χ4v) is 2.04. The summed E-state index contributed by atoms with van der Waals surface area (Å²) in [5, 5.41) is 6.40. The van der Waals surface area contributed by atoms with E-state index < -0.39 is 0 Å². The van der Waals surface area contributed by atoms with Crippen LogP contribution < -0.4 is 10.6 Å².